The molecule has 0 saturated carbocycles. The Bertz CT molecular complexity index is 144. The van der Waals surface area contributed by atoms with Crippen molar-refractivity contribution in [2.24, 2.45) is 0 Å². The average Bonchev–Trinajstić information content (AvgIpc) is 2.10. The number of carbonyl (C=O) groups is 2. The Morgan fingerprint density at radius 3 is 2.58 bits per heavy atom. The second-order valence-corrected chi connectivity index (χ2v) is 2.30. The van der Waals surface area contributed by atoms with Crippen molar-refractivity contribution in [3.05, 3.63) is 0 Å². The van der Waals surface area contributed by atoms with Crippen molar-refractivity contribution in [2.45, 2.75) is 32.8 Å². The first-order valence-electron chi connectivity index (χ1n) is 4.02. The second-order valence-electron chi connectivity index (χ2n) is 2.30. The first-order chi connectivity index (χ1) is 5.76. The van der Waals surface area contributed by atoms with E-state index >= 15 is 0 Å². The summed E-state index contributed by atoms with van der Waals surface area (Å²) < 4.78 is 9.27. The summed E-state index contributed by atoms with van der Waals surface area (Å²) in [6, 6.07) is 0. The van der Waals surface area contributed by atoms with Gasteiger partial charge < -0.3 is 9.47 Å². The highest BCUT2D eigenvalue weighted by Gasteiger charge is 2.18. The van der Waals surface area contributed by atoms with Crippen molar-refractivity contribution < 1.29 is 19.1 Å². The maximum absolute atomic E-state index is 11.0. The van der Waals surface area contributed by atoms with Gasteiger partial charge in [-0.25, -0.2) is 4.79 Å². The predicted octanol–water partition coefficient (Wildman–Crippen LogP) is 0.891. The molecule has 0 rings (SSSR count). The van der Waals surface area contributed by atoms with Crippen LogP contribution >= 0.6 is 0 Å². The zero-order valence-corrected chi connectivity index (χ0v) is 7.41. The lowest BCUT2D eigenvalue weighted by Crippen LogP contribution is -2.25. The molecular weight excluding hydrogens is 160 g/mol. The number of rotatable bonds is 6. The van der Waals surface area contributed by atoms with Crippen molar-refractivity contribution in [2.75, 3.05) is 6.61 Å². The van der Waals surface area contributed by atoms with E-state index in [0.717, 1.165) is 6.42 Å². The zero-order chi connectivity index (χ0) is 9.40. The molecule has 0 aliphatic rings. The molecule has 0 aromatic carbocycles. The molecule has 0 fully saturated rings. The van der Waals surface area contributed by atoms with Crippen molar-refractivity contribution >= 4 is 12.4 Å². The Morgan fingerprint density at radius 1 is 1.50 bits per heavy atom. The Kier molecular flexibility index (Phi) is 6.05. The van der Waals surface area contributed by atoms with Gasteiger partial charge in [-0.15, -0.1) is 0 Å². The Hall–Kier alpha value is -1.06. The van der Waals surface area contributed by atoms with E-state index < -0.39 is 12.1 Å². The normalized spacial score (nSPS) is 11.8. The summed E-state index contributed by atoms with van der Waals surface area (Å²) >= 11 is 0. The van der Waals surface area contributed by atoms with Crippen LogP contribution in [-0.4, -0.2) is 25.2 Å². The molecule has 0 saturated heterocycles. The summed E-state index contributed by atoms with van der Waals surface area (Å²) in [4.78, 5) is 20.9. The number of carbonyl (C=O) groups excluding carboxylic acids is 2. The topological polar surface area (TPSA) is 52.6 Å². The van der Waals surface area contributed by atoms with E-state index in [2.05, 4.69) is 4.74 Å². The van der Waals surface area contributed by atoms with Crippen LogP contribution in [0.5, 0.6) is 0 Å². The van der Waals surface area contributed by atoms with Crippen molar-refractivity contribution in [3.8, 4) is 0 Å². The summed E-state index contributed by atoms with van der Waals surface area (Å²) in [5.74, 6) is -0.466. The van der Waals surface area contributed by atoms with Crippen molar-refractivity contribution in [3.63, 3.8) is 0 Å². The van der Waals surface area contributed by atoms with Gasteiger partial charge in [0, 0.05) is 0 Å². The van der Waals surface area contributed by atoms with E-state index in [1.54, 1.807) is 6.92 Å². The number of ether oxygens (including phenoxy) is 2. The van der Waals surface area contributed by atoms with Gasteiger partial charge in [-0.05, 0) is 12.8 Å². The smallest absolute Gasteiger partial charge is 0.347 e. The van der Waals surface area contributed by atoms with E-state index in [4.69, 9.17) is 4.74 Å². The number of esters is 1. The zero-order valence-electron chi connectivity index (χ0n) is 7.41. The first kappa shape index (κ1) is 10.9. The average molecular weight is 174 g/mol. The fourth-order valence-electron chi connectivity index (χ4n) is 0.681. The van der Waals surface area contributed by atoms with Crippen LogP contribution in [0.4, 0.5) is 0 Å². The van der Waals surface area contributed by atoms with Crippen molar-refractivity contribution in [1.82, 2.24) is 0 Å². The second kappa shape index (κ2) is 6.64. The molecule has 0 radical (unpaired) electrons. The summed E-state index contributed by atoms with van der Waals surface area (Å²) in [7, 11) is 0. The van der Waals surface area contributed by atoms with Crippen LogP contribution in [0.1, 0.15) is 26.7 Å². The van der Waals surface area contributed by atoms with Gasteiger partial charge in [0.05, 0.1) is 6.61 Å². The monoisotopic (exact) mass is 174 g/mol. The Balaban J connectivity index is 3.76. The van der Waals surface area contributed by atoms with Gasteiger partial charge in [-0.1, -0.05) is 13.8 Å². The van der Waals surface area contributed by atoms with Gasteiger partial charge in [0.1, 0.15) is 0 Å². The molecule has 0 N–H and O–H groups in total. The molecule has 0 aromatic heterocycles. The van der Waals surface area contributed by atoms with E-state index in [-0.39, 0.29) is 6.47 Å². The van der Waals surface area contributed by atoms with E-state index in [1.807, 2.05) is 6.92 Å². The predicted molar refractivity (Wildman–Crippen MR) is 42.5 cm³/mol. The molecule has 70 valence electrons. The van der Waals surface area contributed by atoms with Gasteiger partial charge in [0.2, 0.25) is 0 Å². The Labute approximate surface area is 71.8 Å². The maximum atomic E-state index is 11.0. The molecule has 4 nitrogen and oxygen atoms in total. The number of hydrogen-bond donors (Lipinski definition) is 0. The molecule has 0 aliphatic carbocycles. The highest BCUT2D eigenvalue weighted by Crippen LogP contribution is 1.99. The molecule has 0 aromatic rings. The van der Waals surface area contributed by atoms with Crippen molar-refractivity contribution in [1.29, 1.82) is 0 Å². The lowest BCUT2D eigenvalue weighted by molar-refractivity contribution is -0.161. The third kappa shape index (κ3) is 3.95. The Morgan fingerprint density at radius 2 is 2.17 bits per heavy atom. The molecule has 0 bridgehead atoms. The summed E-state index contributed by atoms with van der Waals surface area (Å²) in [5, 5.41) is 0. The molecule has 0 amide bonds. The number of hydrogen-bond acceptors (Lipinski definition) is 4. The highest BCUT2D eigenvalue weighted by atomic mass is 16.6. The quantitative estimate of drug-likeness (QED) is 0.443. The largest absolute Gasteiger partial charge is 0.463 e. The van der Waals surface area contributed by atoms with Crippen LogP contribution in [0.15, 0.2) is 0 Å². The highest BCUT2D eigenvalue weighted by molar-refractivity contribution is 5.75. The minimum Gasteiger partial charge on any atom is -0.463 e. The fraction of sp³-hybridized carbons (Fsp3) is 0.750. The minimum atomic E-state index is -0.742. The van der Waals surface area contributed by atoms with Gasteiger partial charge in [0.15, 0.2) is 6.10 Å². The van der Waals surface area contributed by atoms with Crippen LogP contribution in [-0.2, 0) is 19.1 Å². The SMILES string of the molecule is CCCOC(=O)C(CC)OC=O. The molecule has 4 heteroatoms. The van der Waals surface area contributed by atoms with E-state index in [0.29, 0.717) is 13.0 Å². The van der Waals surface area contributed by atoms with Crippen LogP contribution < -0.4 is 0 Å². The minimum absolute atomic E-state index is 0.265. The molecule has 0 aliphatic heterocycles. The van der Waals surface area contributed by atoms with Crippen LogP contribution in [0.3, 0.4) is 0 Å². The van der Waals surface area contributed by atoms with E-state index in [9.17, 15) is 9.59 Å². The van der Waals surface area contributed by atoms with E-state index in [1.165, 1.54) is 0 Å². The fourth-order valence-corrected chi connectivity index (χ4v) is 0.681. The maximum Gasteiger partial charge on any atom is 0.347 e. The lowest BCUT2D eigenvalue weighted by Gasteiger charge is -2.11. The standard InChI is InChI=1S/C8H14O4/c1-3-5-11-8(10)7(4-2)12-6-9/h6-7H,3-5H2,1-2H3. The first-order valence-corrected chi connectivity index (χ1v) is 4.02. The van der Waals surface area contributed by atoms with Crippen LogP contribution in [0.25, 0.3) is 0 Å². The lowest BCUT2D eigenvalue weighted by atomic mass is 10.3. The van der Waals surface area contributed by atoms with Crippen LogP contribution in [0, 0.1) is 0 Å². The third-order valence-corrected chi connectivity index (χ3v) is 1.30. The summed E-state index contributed by atoms with van der Waals surface area (Å²) in [6.45, 7) is 4.29. The molecular formula is C8H14O4. The van der Waals surface area contributed by atoms with Gasteiger partial charge >= 0.3 is 5.97 Å². The van der Waals surface area contributed by atoms with Gasteiger partial charge in [0.25, 0.3) is 6.47 Å². The molecule has 1 unspecified atom stereocenters. The van der Waals surface area contributed by atoms with Gasteiger partial charge in [-0.2, -0.15) is 0 Å². The third-order valence-electron chi connectivity index (χ3n) is 1.30. The summed E-state index contributed by atoms with van der Waals surface area (Å²) in [5.41, 5.74) is 0. The van der Waals surface area contributed by atoms with Crippen LogP contribution in [0.2, 0.25) is 0 Å². The molecule has 12 heavy (non-hydrogen) atoms. The molecule has 0 heterocycles. The molecule has 0 spiro atoms. The summed E-state index contributed by atoms with van der Waals surface area (Å²) in [6.07, 6.45) is 0.471. The molecule has 1 atom stereocenters. The van der Waals surface area contributed by atoms with Gasteiger partial charge in [-0.3, -0.25) is 4.79 Å².